The number of H-pyrrole nitrogens is 1. The number of rotatable bonds is 6. The lowest BCUT2D eigenvalue weighted by molar-refractivity contribution is -0.126. The minimum atomic E-state index is -0.00524. The monoisotopic (exact) mass is 371 g/mol. The molecular formula is C21H29N3O3. The molecule has 2 heterocycles. The first-order valence-electron chi connectivity index (χ1n) is 9.77. The number of likely N-dealkylation sites (tertiary alicyclic amines) is 1. The normalized spacial score (nSPS) is 16.3. The zero-order chi connectivity index (χ0) is 19.4. The molecule has 1 aromatic carbocycles. The van der Waals surface area contributed by atoms with Gasteiger partial charge in [0.25, 0.3) is 5.91 Å². The van der Waals surface area contributed by atoms with Gasteiger partial charge in [0.1, 0.15) is 11.4 Å². The van der Waals surface area contributed by atoms with Crippen LogP contribution in [-0.2, 0) is 4.79 Å². The number of aromatic amines is 1. The summed E-state index contributed by atoms with van der Waals surface area (Å²) in [6.07, 6.45) is 2.67. The maximum absolute atomic E-state index is 12.9. The van der Waals surface area contributed by atoms with Gasteiger partial charge < -0.3 is 19.9 Å². The fourth-order valence-electron chi connectivity index (χ4n) is 3.74. The van der Waals surface area contributed by atoms with Crippen LogP contribution in [0.5, 0.6) is 5.75 Å². The van der Waals surface area contributed by atoms with Crippen LogP contribution in [0.15, 0.2) is 24.3 Å². The number of amides is 2. The topological polar surface area (TPSA) is 74.4 Å². The number of hydrogen-bond donors (Lipinski definition) is 2. The number of benzene rings is 1. The van der Waals surface area contributed by atoms with Crippen molar-refractivity contribution < 1.29 is 14.3 Å². The largest absolute Gasteiger partial charge is 0.497 e. The van der Waals surface area contributed by atoms with Crippen LogP contribution < -0.4 is 10.1 Å². The van der Waals surface area contributed by atoms with Crippen LogP contribution in [0.2, 0.25) is 0 Å². The zero-order valence-corrected chi connectivity index (χ0v) is 16.4. The molecule has 3 rings (SSSR count). The van der Waals surface area contributed by atoms with Gasteiger partial charge in [0.2, 0.25) is 5.91 Å². The molecule has 0 bridgehead atoms. The van der Waals surface area contributed by atoms with E-state index in [4.69, 9.17) is 4.74 Å². The van der Waals surface area contributed by atoms with Gasteiger partial charge >= 0.3 is 0 Å². The van der Waals surface area contributed by atoms with E-state index >= 15 is 0 Å². The fourth-order valence-corrected chi connectivity index (χ4v) is 3.74. The summed E-state index contributed by atoms with van der Waals surface area (Å²) in [5, 5.41) is 3.97. The summed E-state index contributed by atoms with van der Waals surface area (Å²) >= 11 is 0. The summed E-state index contributed by atoms with van der Waals surface area (Å²) in [5.41, 5.74) is 1.50. The van der Waals surface area contributed by atoms with Crippen molar-refractivity contribution in [2.24, 2.45) is 11.8 Å². The summed E-state index contributed by atoms with van der Waals surface area (Å²) in [6.45, 7) is 6.15. The van der Waals surface area contributed by atoms with E-state index in [9.17, 15) is 9.59 Å². The molecule has 0 spiro atoms. The molecule has 6 nitrogen and oxygen atoms in total. The van der Waals surface area contributed by atoms with Crippen LogP contribution in [0, 0.1) is 11.8 Å². The Morgan fingerprint density at radius 3 is 2.70 bits per heavy atom. The number of nitrogens with zero attached hydrogens (tertiary/aromatic N) is 1. The van der Waals surface area contributed by atoms with Crippen molar-refractivity contribution in [3.8, 4) is 5.75 Å². The first-order valence-corrected chi connectivity index (χ1v) is 9.77. The summed E-state index contributed by atoms with van der Waals surface area (Å²) in [4.78, 5) is 30.1. The summed E-state index contributed by atoms with van der Waals surface area (Å²) in [7, 11) is 1.63. The van der Waals surface area contributed by atoms with Gasteiger partial charge in [0, 0.05) is 42.5 Å². The van der Waals surface area contributed by atoms with Crippen LogP contribution in [0.1, 0.15) is 43.6 Å². The highest BCUT2D eigenvalue weighted by atomic mass is 16.5. The lowest BCUT2D eigenvalue weighted by Gasteiger charge is -2.34. The average molecular weight is 371 g/mol. The molecule has 2 N–H and O–H groups in total. The van der Waals surface area contributed by atoms with Crippen molar-refractivity contribution in [3.05, 3.63) is 30.0 Å². The molecule has 1 aromatic heterocycles. The average Bonchev–Trinajstić information content (AvgIpc) is 3.14. The molecule has 6 heteroatoms. The molecule has 0 aliphatic carbocycles. The predicted molar refractivity (Wildman–Crippen MR) is 106 cm³/mol. The number of carbonyl (C=O) groups is 2. The molecule has 2 amide bonds. The smallest absolute Gasteiger partial charge is 0.270 e. The van der Waals surface area contributed by atoms with Gasteiger partial charge in [0.05, 0.1) is 7.11 Å². The maximum atomic E-state index is 12.9. The predicted octanol–water partition coefficient (Wildman–Crippen LogP) is 3.19. The van der Waals surface area contributed by atoms with E-state index in [0.717, 1.165) is 42.5 Å². The van der Waals surface area contributed by atoms with E-state index in [1.165, 1.54) is 0 Å². The number of methoxy groups -OCH3 is 1. The summed E-state index contributed by atoms with van der Waals surface area (Å²) < 4.78 is 5.24. The third kappa shape index (κ3) is 4.26. The number of piperidine rings is 1. The van der Waals surface area contributed by atoms with Gasteiger partial charge in [-0.25, -0.2) is 0 Å². The highest BCUT2D eigenvalue weighted by Gasteiger charge is 2.30. The molecule has 0 unspecified atom stereocenters. The van der Waals surface area contributed by atoms with Crippen LogP contribution in [-0.4, -0.2) is 48.4 Å². The third-order valence-electron chi connectivity index (χ3n) is 5.56. The van der Waals surface area contributed by atoms with Gasteiger partial charge in [-0.3, -0.25) is 9.59 Å². The molecule has 1 aliphatic heterocycles. The van der Waals surface area contributed by atoms with E-state index in [1.807, 2.05) is 36.1 Å². The van der Waals surface area contributed by atoms with E-state index in [1.54, 1.807) is 7.11 Å². The first kappa shape index (κ1) is 19.3. The SMILES string of the molecule is CCCNC(=O)[C@@H](C)C1CCN(C(=O)c2cc3ccc(OC)cc3[nH]2)CC1. The second kappa shape index (κ2) is 8.46. The van der Waals surface area contributed by atoms with Crippen molar-refractivity contribution in [1.82, 2.24) is 15.2 Å². The number of aromatic nitrogens is 1. The highest BCUT2D eigenvalue weighted by Crippen LogP contribution is 2.27. The van der Waals surface area contributed by atoms with E-state index in [2.05, 4.69) is 17.2 Å². The Morgan fingerprint density at radius 1 is 1.30 bits per heavy atom. The first-order chi connectivity index (χ1) is 13.0. The van der Waals surface area contributed by atoms with E-state index < -0.39 is 0 Å². The number of carbonyl (C=O) groups excluding carboxylic acids is 2. The molecule has 2 aromatic rings. The zero-order valence-electron chi connectivity index (χ0n) is 16.4. The van der Waals surface area contributed by atoms with Crippen molar-refractivity contribution in [2.75, 3.05) is 26.7 Å². The summed E-state index contributed by atoms with van der Waals surface area (Å²) in [6, 6.07) is 7.63. The minimum absolute atomic E-state index is 0.00524. The standard InChI is InChI=1S/C21H29N3O3/c1-4-9-22-20(25)14(2)15-7-10-24(11-8-15)21(26)19-12-16-5-6-17(27-3)13-18(16)23-19/h5-6,12-15,23H,4,7-11H2,1-3H3,(H,22,25)/t14-/m0/s1. The molecule has 0 saturated carbocycles. The maximum Gasteiger partial charge on any atom is 0.270 e. The Labute approximate surface area is 160 Å². The Kier molecular flexibility index (Phi) is 6.04. The van der Waals surface area contributed by atoms with Gasteiger partial charge in [0.15, 0.2) is 0 Å². The van der Waals surface area contributed by atoms with Crippen molar-refractivity contribution in [2.45, 2.75) is 33.1 Å². The molecule has 0 radical (unpaired) electrons. The van der Waals surface area contributed by atoms with Crippen LogP contribution >= 0.6 is 0 Å². The number of hydrogen-bond acceptors (Lipinski definition) is 3. The van der Waals surface area contributed by atoms with E-state index in [0.29, 0.717) is 24.7 Å². The van der Waals surface area contributed by atoms with E-state index in [-0.39, 0.29) is 17.7 Å². The molecular weight excluding hydrogens is 342 g/mol. The van der Waals surface area contributed by atoms with Crippen LogP contribution in [0.25, 0.3) is 10.9 Å². The number of ether oxygens (including phenoxy) is 1. The van der Waals surface area contributed by atoms with Crippen molar-refractivity contribution in [3.63, 3.8) is 0 Å². The third-order valence-corrected chi connectivity index (χ3v) is 5.56. The van der Waals surface area contributed by atoms with Gasteiger partial charge in [-0.1, -0.05) is 13.8 Å². The Bertz CT molecular complexity index is 806. The number of fused-ring (bicyclic) bond motifs is 1. The minimum Gasteiger partial charge on any atom is -0.497 e. The lowest BCUT2D eigenvalue weighted by atomic mass is 9.84. The number of nitrogens with one attached hydrogen (secondary N) is 2. The Morgan fingerprint density at radius 2 is 2.04 bits per heavy atom. The molecule has 27 heavy (non-hydrogen) atoms. The van der Waals surface area contributed by atoms with Gasteiger partial charge in [-0.2, -0.15) is 0 Å². The Balaban J connectivity index is 1.60. The molecule has 146 valence electrons. The summed E-state index contributed by atoms with van der Waals surface area (Å²) in [5.74, 6) is 1.24. The second-order valence-corrected chi connectivity index (χ2v) is 7.35. The van der Waals surface area contributed by atoms with Crippen molar-refractivity contribution in [1.29, 1.82) is 0 Å². The Hall–Kier alpha value is -2.50. The highest BCUT2D eigenvalue weighted by molar-refractivity contribution is 5.98. The van der Waals surface area contributed by atoms with Gasteiger partial charge in [-0.15, -0.1) is 0 Å². The van der Waals surface area contributed by atoms with Crippen LogP contribution in [0.3, 0.4) is 0 Å². The van der Waals surface area contributed by atoms with Crippen LogP contribution in [0.4, 0.5) is 0 Å². The fraction of sp³-hybridized carbons (Fsp3) is 0.524. The quantitative estimate of drug-likeness (QED) is 0.819. The van der Waals surface area contributed by atoms with Crippen molar-refractivity contribution >= 4 is 22.7 Å². The van der Waals surface area contributed by atoms with Gasteiger partial charge in [-0.05, 0) is 43.4 Å². The lowest BCUT2D eigenvalue weighted by Crippen LogP contribution is -2.42. The molecule has 1 atom stereocenters. The second-order valence-electron chi connectivity index (χ2n) is 7.35. The molecule has 1 saturated heterocycles. The molecule has 1 aliphatic rings. The molecule has 1 fully saturated rings.